The lowest BCUT2D eigenvalue weighted by molar-refractivity contribution is -0.0844. The molecule has 6 heteroatoms. The highest BCUT2D eigenvalue weighted by atomic mass is 16.6. The number of hydrogen-bond donors (Lipinski definition) is 1. The van der Waals surface area contributed by atoms with Crippen LogP contribution in [0.2, 0.25) is 0 Å². The number of rotatable bonds is 6. The number of hydrogen-bond acceptors (Lipinski definition) is 5. The number of aliphatic hydroxyl groups excluding tert-OH is 1. The van der Waals surface area contributed by atoms with E-state index >= 15 is 0 Å². The molecule has 0 unspecified atom stereocenters. The smallest absolute Gasteiger partial charge is 0.412 e. The van der Waals surface area contributed by atoms with Crippen LogP contribution in [0.15, 0.2) is 30.3 Å². The van der Waals surface area contributed by atoms with Gasteiger partial charge >= 0.3 is 6.09 Å². The second-order valence-corrected chi connectivity index (χ2v) is 8.60. The Hall–Kier alpha value is -1.63. The summed E-state index contributed by atoms with van der Waals surface area (Å²) in [5.74, 6) is -0.166. The Bertz CT molecular complexity index is 611. The minimum atomic E-state index is -0.809. The molecule has 0 bridgehead atoms. The maximum Gasteiger partial charge on any atom is 0.412 e. The van der Waals surface area contributed by atoms with Gasteiger partial charge in [0.25, 0.3) is 0 Å². The summed E-state index contributed by atoms with van der Waals surface area (Å²) < 4.78 is 17.7. The van der Waals surface area contributed by atoms with E-state index in [0.717, 1.165) is 5.56 Å². The lowest BCUT2D eigenvalue weighted by Crippen LogP contribution is -2.55. The van der Waals surface area contributed by atoms with Crippen molar-refractivity contribution >= 4 is 6.09 Å². The van der Waals surface area contributed by atoms with Crippen molar-refractivity contribution in [3.8, 4) is 0 Å². The zero-order valence-corrected chi connectivity index (χ0v) is 17.3. The minimum Gasteiger partial charge on any atom is -0.444 e. The highest BCUT2D eigenvalue weighted by molar-refractivity contribution is 5.70. The lowest BCUT2D eigenvalue weighted by atomic mass is 9.97. The van der Waals surface area contributed by atoms with Crippen molar-refractivity contribution < 1.29 is 24.1 Å². The Balaban J connectivity index is 2.22. The van der Waals surface area contributed by atoms with Crippen molar-refractivity contribution in [1.82, 2.24) is 4.90 Å². The molecule has 0 saturated carbocycles. The molecule has 152 valence electrons. The fraction of sp³-hybridized carbons (Fsp3) is 0.667. The summed E-state index contributed by atoms with van der Waals surface area (Å²) in [5, 5.41) is 9.75. The third kappa shape index (κ3) is 5.67. The van der Waals surface area contributed by atoms with Gasteiger partial charge in [-0.1, -0.05) is 37.3 Å². The molecule has 1 saturated heterocycles. The Kier molecular flexibility index (Phi) is 6.89. The summed E-state index contributed by atoms with van der Waals surface area (Å²) in [4.78, 5) is 14.5. The molecule has 1 aliphatic rings. The molecule has 1 aromatic carbocycles. The third-order valence-corrected chi connectivity index (χ3v) is 4.62. The summed E-state index contributed by atoms with van der Waals surface area (Å²) in [7, 11) is 0. The topological polar surface area (TPSA) is 68.2 Å². The van der Waals surface area contributed by atoms with Gasteiger partial charge in [-0.15, -0.1) is 0 Å². The largest absolute Gasteiger partial charge is 0.444 e. The van der Waals surface area contributed by atoms with Crippen LogP contribution in [-0.4, -0.2) is 52.8 Å². The summed E-state index contributed by atoms with van der Waals surface area (Å²) in [6.45, 7) is 11.8. The molecule has 0 aromatic heterocycles. The van der Waals surface area contributed by atoms with E-state index in [1.54, 1.807) is 4.90 Å². The van der Waals surface area contributed by atoms with Crippen LogP contribution in [0.3, 0.4) is 0 Å². The van der Waals surface area contributed by atoms with E-state index in [9.17, 15) is 9.90 Å². The molecule has 6 nitrogen and oxygen atoms in total. The van der Waals surface area contributed by atoms with Crippen LogP contribution < -0.4 is 0 Å². The zero-order chi connectivity index (χ0) is 20.2. The normalized spacial score (nSPS) is 21.7. The summed E-state index contributed by atoms with van der Waals surface area (Å²) >= 11 is 0. The zero-order valence-electron chi connectivity index (χ0n) is 17.3. The summed E-state index contributed by atoms with van der Waals surface area (Å²) in [5.41, 5.74) is -0.380. The first-order valence-corrected chi connectivity index (χ1v) is 9.48. The first kappa shape index (κ1) is 21.7. The van der Waals surface area contributed by atoms with E-state index in [0.29, 0.717) is 13.2 Å². The molecule has 1 amide bonds. The highest BCUT2D eigenvalue weighted by Gasteiger charge is 2.50. The van der Waals surface area contributed by atoms with Crippen LogP contribution in [0.5, 0.6) is 0 Å². The van der Waals surface area contributed by atoms with Crippen LogP contribution in [0, 0.1) is 5.92 Å². The van der Waals surface area contributed by atoms with Crippen molar-refractivity contribution in [3.05, 3.63) is 35.9 Å². The van der Waals surface area contributed by atoms with Crippen molar-refractivity contribution in [2.45, 2.75) is 71.6 Å². The Labute approximate surface area is 162 Å². The van der Waals surface area contributed by atoms with E-state index in [-0.39, 0.29) is 24.7 Å². The molecule has 1 aliphatic heterocycles. The van der Waals surface area contributed by atoms with E-state index in [2.05, 4.69) is 0 Å². The van der Waals surface area contributed by atoms with Gasteiger partial charge in [0.2, 0.25) is 0 Å². The summed E-state index contributed by atoms with van der Waals surface area (Å²) in [6, 6.07) is 9.49. The van der Waals surface area contributed by atoms with E-state index in [4.69, 9.17) is 14.2 Å². The third-order valence-electron chi connectivity index (χ3n) is 4.62. The van der Waals surface area contributed by atoms with E-state index < -0.39 is 17.4 Å². The fourth-order valence-corrected chi connectivity index (χ4v) is 3.27. The standard InChI is InChI=1S/C21H33NO5/c1-15(12-23)18(25-13-16-10-8-7-9-11-16)17-14-26-21(5,6)22(17)19(24)27-20(2,3)4/h7-11,15,17-18,23H,12-14H2,1-6H3/t15-,17+,18-/m0/s1. The lowest BCUT2D eigenvalue weighted by Gasteiger charge is -2.39. The summed E-state index contributed by atoms with van der Waals surface area (Å²) in [6.07, 6.45) is -0.821. The van der Waals surface area contributed by atoms with Gasteiger partial charge in [-0.3, -0.25) is 4.90 Å². The molecule has 27 heavy (non-hydrogen) atoms. The van der Waals surface area contributed by atoms with Crippen LogP contribution in [-0.2, 0) is 20.8 Å². The quantitative estimate of drug-likeness (QED) is 0.818. The van der Waals surface area contributed by atoms with Crippen LogP contribution >= 0.6 is 0 Å². The van der Waals surface area contributed by atoms with Crippen molar-refractivity contribution in [3.63, 3.8) is 0 Å². The predicted molar refractivity (Wildman–Crippen MR) is 103 cm³/mol. The predicted octanol–water partition coefficient (Wildman–Crippen LogP) is 3.57. The van der Waals surface area contributed by atoms with Crippen molar-refractivity contribution in [2.24, 2.45) is 5.92 Å². The van der Waals surface area contributed by atoms with Gasteiger partial charge in [0.15, 0.2) is 0 Å². The molecule has 0 radical (unpaired) electrons. The second-order valence-electron chi connectivity index (χ2n) is 8.60. The molecule has 3 atom stereocenters. The van der Waals surface area contributed by atoms with E-state index in [1.165, 1.54) is 0 Å². The van der Waals surface area contributed by atoms with Crippen molar-refractivity contribution in [1.29, 1.82) is 0 Å². The molecule has 0 aliphatic carbocycles. The average molecular weight is 379 g/mol. The Morgan fingerprint density at radius 2 is 1.96 bits per heavy atom. The van der Waals surface area contributed by atoms with Crippen molar-refractivity contribution in [2.75, 3.05) is 13.2 Å². The number of aliphatic hydroxyl groups is 1. The number of carbonyl (C=O) groups excluding carboxylic acids is 1. The number of amides is 1. The number of benzene rings is 1. The number of carbonyl (C=O) groups is 1. The van der Waals surface area contributed by atoms with Gasteiger partial charge in [-0.2, -0.15) is 0 Å². The van der Waals surface area contributed by atoms with Gasteiger partial charge in [-0.05, 0) is 40.2 Å². The van der Waals surface area contributed by atoms with Crippen LogP contribution in [0.4, 0.5) is 4.79 Å². The molecule has 2 rings (SSSR count). The van der Waals surface area contributed by atoms with Gasteiger partial charge in [0.05, 0.1) is 25.4 Å². The molecule has 1 heterocycles. The fourth-order valence-electron chi connectivity index (χ4n) is 3.27. The molecular weight excluding hydrogens is 346 g/mol. The Morgan fingerprint density at radius 1 is 1.33 bits per heavy atom. The number of ether oxygens (including phenoxy) is 3. The average Bonchev–Trinajstić information content (AvgIpc) is 2.89. The monoisotopic (exact) mass is 379 g/mol. The molecular formula is C21H33NO5. The van der Waals surface area contributed by atoms with Crippen LogP contribution in [0.1, 0.15) is 47.1 Å². The first-order valence-electron chi connectivity index (χ1n) is 9.48. The molecule has 1 N–H and O–H groups in total. The van der Waals surface area contributed by atoms with Crippen LogP contribution in [0.25, 0.3) is 0 Å². The maximum atomic E-state index is 12.9. The maximum absolute atomic E-state index is 12.9. The van der Waals surface area contributed by atoms with Gasteiger partial charge in [-0.25, -0.2) is 4.79 Å². The molecule has 1 fully saturated rings. The first-order chi connectivity index (χ1) is 12.5. The van der Waals surface area contributed by atoms with Gasteiger partial charge in [0, 0.05) is 12.5 Å². The number of nitrogens with zero attached hydrogens (tertiary/aromatic N) is 1. The van der Waals surface area contributed by atoms with Gasteiger partial charge < -0.3 is 19.3 Å². The van der Waals surface area contributed by atoms with E-state index in [1.807, 2.05) is 71.9 Å². The SMILES string of the molecule is C[C@@H](CO)[C@H](OCc1ccccc1)[C@H]1COC(C)(C)N1C(=O)OC(C)(C)C. The highest BCUT2D eigenvalue weighted by Crippen LogP contribution is 2.34. The van der Waals surface area contributed by atoms with Gasteiger partial charge in [0.1, 0.15) is 11.3 Å². The second kappa shape index (κ2) is 8.59. The Morgan fingerprint density at radius 3 is 2.52 bits per heavy atom. The molecule has 1 aromatic rings. The molecule has 0 spiro atoms. The minimum absolute atomic E-state index is 0.0431.